The van der Waals surface area contributed by atoms with Gasteiger partial charge in [0.2, 0.25) is 0 Å². The van der Waals surface area contributed by atoms with Crippen LogP contribution in [0.25, 0.3) is 0 Å². The van der Waals surface area contributed by atoms with Crippen molar-refractivity contribution in [3.05, 3.63) is 54.1 Å². The first-order valence-corrected chi connectivity index (χ1v) is 8.02. The van der Waals surface area contributed by atoms with Crippen LogP contribution in [0.4, 0.5) is 0 Å². The van der Waals surface area contributed by atoms with Crippen molar-refractivity contribution in [3.63, 3.8) is 0 Å². The summed E-state index contributed by atoms with van der Waals surface area (Å²) >= 11 is 0. The Kier molecular flexibility index (Phi) is 8.76. The van der Waals surface area contributed by atoms with Gasteiger partial charge in [0.1, 0.15) is 24.6 Å². The molecule has 1 rings (SSSR count). The lowest BCUT2D eigenvalue weighted by molar-refractivity contribution is 0.00319. The number of rotatable bonds is 9. The SMILES string of the molecule is CC/C=C\COc1cccc(C(=O)OC(C)C(O)/C=C\CC)c1. The van der Waals surface area contributed by atoms with E-state index in [2.05, 4.69) is 6.92 Å². The molecule has 0 aliphatic carbocycles. The number of hydrogen-bond donors (Lipinski definition) is 1. The van der Waals surface area contributed by atoms with Crippen molar-refractivity contribution in [3.8, 4) is 5.75 Å². The fraction of sp³-hybridized carbons (Fsp3) is 0.421. The highest BCUT2D eigenvalue weighted by molar-refractivity contribution is 5.90. The lowest BCUT2D eigenvalue weighted by atomic mass is 10.2. The Labute approximate surface area is 138 Å². The second kappa shape index (κ2) is 10.6. The van der Waals surface area contributed by atoms with Gasteiger partial charge in [-0.15, -0.1) is 0 Å². The molecule has 23 heavy (non-hydrogen) atoms. The van der Waals surface area contributed by atoms with E-state index in [0.29, 0.717) is 17.9 Å². The number of benzene rings is 1. The summed E-state index contributed by atoms with van der Waals surface area (Å²) in [4.78, 5) is 12.1. The molecule has 1 aromatic rings. The van der Waals surface area contributed by atoms with Gasteiger partial charge in [0, 0.05) is 0 Å². The second-order valence-corrected chi connectivity index (χ2v) is 5.16. The van der Waals surface area contributed by atoms with Gasteiger partial charge in [-0.25, -0.2) is 4.79 Å². The van der Waals surface area contributed by atoms with Crippen molar-refractivity contribution in [2.75, 3.05) is 6.61 Å². The lowest BCUT2D eigenvalue weighted by Gasteiger charge is -2.17. The van der Waals surface area contributed by atoms with Crippen molar-refractivity contribution >= 4 is 5.97 Å². The molecule has 4 nitrogen and oxygen atoms in total. The van der Waals surface area contributed by atoms with Crippen molar-refractivity contribution in [1.29, 1.82) is 0 Å². The topological polar surface area (TPSA) is 55.8 Å². The van der Waals surface area contributed by atoms with Gasteiger partial charge in [-0.2, -0.15) is 0 Å². The molecule has 0 aliphatic rings. The molecule has 0 radical (unpaired) electrons. The van der Waals surface area contributed by atoms with Gasteiger partial charge in [-0.05, 0) is 38.0 Å². The standard InChI is InChI=1S/C19H26O4/c1-4-6-8-13-22-17-11-9-10-16(14-17)19(21)23-15(3)18(20)12-7-5-2/h6-12,14-15,18,20H,4-5,13H2,1-3H3/b8-6-,12-7-. The molecule has 0 saturated carbocycles. The fourth-order valence-electron chi connectivity index (χ4n) is 1.83. The molecule has 4 heteroatoms. The number of aliphatic hydroxyl groups is 1. The Balaban J connectivity index is 2.62. The van der Waals surface area contributed by atoms with Crippen LogP contribution in [0.15, 0.2) is 48.6 Å². The first-order chi connectivity index (χ1) is 11.1. The Morgan fingerprint density at radius 3 is 2.65 bits per heavy atom. The Bertz CT molecular complexity index is 534. The second-order valence-electron chi connectivity index (χ2n) is 5.16. The summed E-state index contributed by atoms with van der Waals surface area (Å²) in [5, 5.41) is 9.87. The number of hydrogen-bond acceptors (Lipinski definition) is 4. The van der Waals surface area contributed by atoms with Crippen molar-refractivity contribution < 1.29 is 19.4 Å². The number of carbonyl (C=O) groups excluding carboxylic acids is 1. The summed E-state index contributed by atoms with van der Waals surface area (Å²) in [6.07, 6.45) is 7.80. The number of esters is 1. The molecule has 0 fully saturated rings. The van der Waals surface area contributed by atoms with E-state index < -0.39 is 18.2 Å². The van der Waals surface area contributed by atoms with Crippen LogP contribution in [0.1, 0.15) is 44.0 Å². The molecule has 0 heterocycles. The zero-order chi connectivity index (χ0) is 17.1. The number of allylic oxidation sites excluding steroid dienone is 2. The predicted octanol–water partition coefficient (Wildman–Crippen LogP) is 3.90. The quantitative estimate of drug-likeness (QED) is 0.554. The van der Waals surface area contributed by atoms with Crippen LogP contribution in [0, 0.1) is 0 Å². The fourth-order valence-corrected chi connectivity index (χ4v) is 1.83. The van der Waals surface area contributed by atoms with Crippen molar-refractivity contribution in [2.45, 2.75) is 45.8 Å². The minimum Gasteiger partial charge on any atom is -0.490 e. The third-order valence-corrected chi connectivity index (χ3v) is 3.16. The largest absolute Gasteiger partial charge is 0.490 e. The van der Waals surface area contributed by atoms with Crippen molar-refractivity contribution in [2.24, 2.45) is 0 Å². The average molecular weight is 318 g/mol. The van der Waals surface area contributed by atoms with E-state index in [4.69, 9.17) is 9.47 Å². The molecule has 0 saturated heterocycles. The number of ether oxygens (including phenoxy) is 2. The summed E-state index contributed by atoms with van der Waals surface area (Å²) in [6.45, 7) is 6.15. The highest BCUT2D eigenvalue weighted by atomic mass is 16.6. The van der Waals surface area contributed by atoms with Crippen LogP contribution >= 0.6 is 0 Å². The summed E-state index contributed by atoms with van der Waals surface area (Å²) in [6, 6.07) is 6.84. The van der Waals surface area contributed by atoms with Gasteiger partial charge < -0.3 is 14.6 Å². The van der Waals surface area contributed by atoms with Crippen LogP contribution in [-0.2, 0) is 4.74 Å². The molecule has 2 atom stereocenters. The average Bonchev–Trinajstić information content (AvgIpc) is 2.56. The van der Waals surface area contributed by atoms with E-state index in [1.54, 1.807) is 37.3 Å². The maximum atomic E-state index is 12.1. The van der Waals surface area contributed by atoms with Gasteiger partial charge in [0.25, 0.3) is 0 Å². The zero-order valence-corrected chi connectivity index (χ0v) is 14.1. The molecular formula is C19H26O4. The summed E-state index contributed by atoms with van der Waals surface area (Å²) < 4.78 is 10.8. The minimum atomic E-state index is -0.808. The van der Waals surface area contributed by atoms with Crippen LogP contribution in [0.3, 0.4) is 0 Å². The van der Waals surface area contributed by atoms with Crippen LogP contribution in [0.2, 0.25) is 0 Å². The third-order valence-electron chi connectivity index (χ3n) is 3.16. The number of aliphatic hydroxyl groups excluding tert-OH is 1. The molecule has 2 unspecified atom stereocenters. The van der Waals surface area contributed by atoms with Crippen molar-refractivity contribution in [1.82, 2.24) is 0 Å². The maximum absolute atomic E-state index is 12.1. The third kappa shape index (κ3) is 7.15. The smallest absolute Gasteiger partial charge is 0.338 e. The molecule has 126 valence electrons. The van der Waals surface area contributed by atoms with E-state index in [9.17, 15) is 9.90 Å². The van der Waals surface area contributed by atoms with E-state index in [-0.39, 0.29) is 0 Å². The zero-order valence-electron chi connectivity index (χ0n) is 14.1. The van der Waals surface area contributed by atoms with E-state index in [1.165, 1.54) is 0 Å². The first kappa shape index (κ1) is 19.0. The minimum absolute atomic E-state index is 0.403. The van der Waals surface area contributed by atoms with Gasteiger partial charge in [0.05, 0.1) is 5.56 Å². The predicted molar refractivity (Wildman–Crippen MR) is 91.7 cm³/mol. The van der Waals surface area contributed by atoms with Gasteiger partial charge in [-0.3, -0.25) is 0 Å². The molecule has 0 aliphatic heterocycles. The maximum Gasteiger partial charge on any atom is 0.338 e. The highest BCUT2D eigenvalue weighted by Crippen LogP contribution is 2.15. The first-order valence-electron chi connectivity index (χ1n) is 8.02. The molecule has 0 amide bonds. The monoisotopic (exact) mass is 318 g/mol. The Hall–Kier alpha value is -2.07. The van der Waals surface area contributed by atoms with Gasteiger partial charge in [-0.1, -0.05) is 44.2 Å². The lowest BCUT2D eigenvalue weighted by Crippen LogP contribution is -2.27. The number of carbonyl (C=O) groups is 1. The molecule has 0 bridgehead atoms. The van der Waals surface area contributed by atoms with Crippen LogP contribution in [0.5, 0.6) is 5.75 Å². The normalized spacial score (nSPS) is 14.1. The molecular weight excluding hydrogens is 292 g/mol. The summed E-state index contributed by atoms with van der Waals surface area (Å²) in [5.74, 6) is 0.135. The van der Waals surface area contributed by atoms with E-state index >= 15 is 0 Å². The molecule has 1 aromatic carbocycles. The van der Waals surface area contributed by atoms with Crippen LogP contribution in [-0.4, -0.2) is 29.9 Å². The summed E-state index contributed by atoms with van der Waals surface area (Å²) in [5.41, 5.74) is 0.403. The van der Waals surface area contributed by atoms with Crippen LogP contribution < -0.4 is 4.74 Å². The summed E-state index contributed by atoms with van der Waals surface area (Å²) in [7, 11) is 0. The molecule has 0 aromatic heterocycles. The Morgan fingerprint density at radius 1 is 1.22 bits per heavy atom. The Morgan fingerprint density at radius 2 is 1.96 bits per heavy atom. The van der Waals surface area contributed by atoms with Gasteiger partial charge in [0.15, 0.2) is 0 Å². The van der Waals surface area contributed by atoms with E-state index in [1.807, 2.05) is 25.2 Å². The highest BCUT2D eigenvalue weighted by Gasteiger charge is 2.17. The van der Waals surface area contributed by atoms with Gasteiger partial charge >= 0.3 is 5.97 Å². The molecule has 1 N–H and O–H groups in total. The van der Waals surface area contributed by atoms with E-state index in [0.717, 1.165) is 12.8 Å². The molecule has 0 spiro atoms.